The van der Waals surface area contributed by atoms with Crippen LogP contribution in [0.5, 0.6) is 5.75 Å². The SMILES string of the molecule is CCC(Sc1ccc(Cl)cc1)C(=O)NC(CC)c1ccc(OC)c(C)c1. The molecule has 2 aromatic rings. The van der Waals surface area contributed by atoms with Gasteiger partial charge in [-0.25, -0.2) is 0 Å². The van der Waals surface area contributed by atoms with Gasteiger partial charge in [0.2, 0.25) is 5.91 Å². The quantitative estimate of drug-likeness (QED) is 0.578. The molecule has 5 heteroatoms. The normalized spacial score (nSPS) is 13.1. The first kappa shape index (κ1) is 20.7. The van der Waals surface area contributed by atoms with Crippen molar-refractivity contribution in [1.82, 2.24) is 5.32 Å². The number of methoxy groups -OCH3 is 1. The first-order valence-electron chi connectivity index (χ1n) is 8.85. The molecule has 0 aliphatic carbocycles. The van der Waals surface area contributed by atoms with Gasteiger partial charge in [-0.15, -0.1) is 11.8 Å². The molecule has 3 nitrogen and oxygen atoms in total. The van der Waals surface area contributed by atoms with Gasteiger partial charge in [-0.1, -0.05) is 37.6 Å². The number of nitrogens with one attached hydrogen (secondary N) is 1. The Hall–Kier alpha value is -1.65. The number of halogens is 1. The van der Waals surface area contributed by atoms with E-state index in [9.17, 15) is 4.79 Å². The van der Waals surface area contributed by atoms with Crippen molar-refractivity contribution in [1.29, 1.82) is 0 Å². The molecule has 140 valence electrons. The predicted molar refractivity (Wildman–Crippen MR) is 110 cm³/mol. The van der Waals surface area contributed by atoms with Gasteiger partial charge in [0.05, 0.1) is 18.4 Å². The van der Waals surface area contributed by atoms with Crippen LogP contribution in [-0.4, -0.2) is 18.3 Å². The minimum absolute atomic E-state index is 0.00743. The van der Waals surface area contributed by atoms with Gasteiger partial charge in [-0.2, -0.15) is 0 Å². The van der Waals surface area contributed by atoms with E-state index in [1.54, 1.807) is 18.9 Å². The number of rotatable bonds is 8. The van der Waals surface area contributed by atoms with Crippen molar-refractivity contribution in [3.8, 4) is 5.75 Å². The third-order valence-electron chi connectivity index (χ3n) is 4.30. The van der Waals surface area contributed by atoms with Crippen molar-refractivity contribution in [3.05, 3.63) is 58.6 Å². The van der Waals surface area contributed by atoms with Gasteiger partial charge in [0.1, 0.15) is 5.75 Å². The van der Waals surface area contributed by atoms with E-state index in [1.165, 1.54) is 0 Å². The molecule has 0 spiro atoms. The van der Waals surface area contributed by atoms with Crippen molar-refractivity contribution in [2.75, 3.05) is 7.11 Å². The van der Waals surface area contributed by atoms with Crippen LogP contribution in [0.3, 0.4) is 0 Å². The molecule has 1 N–H and O–H groups in total. The minimum atomic E-state index is -0.135. The van der Waals surface area contributed by atoms with Gasteiger partial charge in [0.25, 0.3) is 0 Å². The van der Waals surface area contributed by atoms with Gasteiger partial charge in [0.15, 0.2) is 0 Å². The minimum Gasteiger partial charge on any atom is -0.496 e. The molecule has 2 aromatic carbocycles. The molecule has 0 saturated heterocycles. The summed E-state index contributed by atoms with van der Waals surface area (Å²) in [6.07, 6.45) is 1.59. The zero-order chi connectivity index (χ0) is 19.1. The van der Waals surface area contributed by atoms with E-state index in [1.807, 2.05) is 50.2 Å². The van der Waals surface area contributed by atoms with E-state index in [-0.39, 0.29) is 17.2 Å². The summed E-state index contributed by atoms with van der Waals surface area (Å²) in [6.45, 7) is 6.13. The monoisotopic (exact) mass is 391 g/mol. The van der Waals surface area contributed by atoms with Gasteiger partial charge in [0, 0.05) is 9.92 Å². The van der Waals surface area contributed by atoms with E-state index in [4.69, 9.17) is 16.3 Å². The second kappa shape index (κ2) is 9.89. The highest BCUT2D eigenvalue weighted by Gasteiger charge is 2.21. The molecular formula is C21H26ClNO2S. The van der Waals surface area contributed by atoms with E-state index in [2.05, 4.69) is 18.3 Å². The zero-order valence-electron chi connectivity index (χ0n) is 15.7. The van der Waals surface area contributed by atoms with E-state index in [0.717, 1.165) is 34.6 Å². The van der Waals surface area contributed by atoms with E-state index < -0.39 is 0 Å². The molecule has 0 heterocycles. The Morgan fingerprint density at radius 2 is 1.85 bits per heavy atom. The molecule has 0 radical (unpaired) electrons. The van der Waals surface area contributed by atoms with Crippen LogP contribution in [0, 0.1) is 6.92 Å². The Morgan fingerprint density at radius 1 is 1.15 bits per heavy atom. The number of ether oxygens (including phenoxy) is 1. The Morgan fingerprint density at radius 3 is 2.38 bits per heavy atom. The summed E-state index contributed by atoms with van der Waals surface area (Å²) in [6, 6.07) is 13.7. The summed E-state index contributed by atoms with van der Waals surface area (Å²) in [5.41, 5.74) is 2.17. The predicted octanol–water partition coefficient (Wildman–Crippen LogP) is 5.80. The van der Waals surface area contributed by atoms with Crippen molar-refractivity contribution < 1.29 is 9.53 Å². The zero-order valence-corrected chi connectivity index (χ0v) is 17.3. The van der Waals surface area contributed by atoms with Crippen LogP contribution in [-0.2, 0) is 4.79 Å². The van der Waals surface area contributed by atoms with E-state index >= 15 is 0 Å². The third-order valence-corrected chi connectivity index (χ3v) is 5.93. The standard InChI is InChI=1S/C21H26ClNO2S/c1-5-18(15-7-12-19(25-4)14(3)13-15)23-21(24)20(6-2)26-17-10-8-16(22)9-11-17/h7-13,18,20H,5-6H2,1-4H3,(H,23,24). The fourth-order valence-electron chi connectivity index (χ4n) is 2.80. The summed E-state index contributed by atoms with van der Waals surface area (Å²) in [5, 5.41) is 3.77. The van der Waals surface area contributed by atoms with Crippen LogP contribution in [0.25, 0.3) is 0 Å². The average molecular weight is 392 g/mol. The second-order valence-electron chi connectivity index (χ2n) is 6.17. The number of carbonyl (C=O) groups is 1. The summed E-state index contributed by atoms with van der Waals surface area (Å²) >= 11 is 7.51. The summed E-state index contributed by atoms with van der Waals surface area (Å²) in [4.78, 5) is 13.9. The van der Waals surface area contributed by atoms with Gasteiger partial charge in [-0.05, 0) is 61.2 Å². The number of hydrogen-bond donors (Lipinski definition) is 1. The Labute approximate surface area is 165 Å². The first-order valence-corrected chi connectivity index (χ1v) is 10.1. The highest BCUT2D eigenvalue weighted by molar-refractivity contribution is 8.00. The van der Waals surface area contributed by atoms with Crippen LogP contribution in [0.2, 0.25) is 5.02 Å². The summed E-state index contributed by atoms with van der Waals surface area (Å²) < 4.78 is 5.32. The maximum Gasteiger partial charge on any atom is 0.233 e. The molecule has 0 bridgehead atoms. The summed E-state index contributed by atoms with van der Waals surface area (Å²) in [7, 11) is 1.67. The van der Waals surface area contributed by atoms with E-state index in [0.29, 0.717) is 5.02 Å². The largest absolute Gasteiger partial charge is 0.496 e. The number of benzene rings is 2. The molecule has 0 aliphatic heterocycles. The molecule has 0 saturated carbocycles. The molecule has 2 unspecified atom stereocenters. The first-order chi connectivity index (χ1) is 12.5. The molecule has 1 amide bonds. The van der Waals surface area contributed by atoms with Crippen molar-refractivity contribution in [2.24, 2.45) is 0 Å². The van der Waals surface area contributed by atoms with Crippen LogP contribution in [0.15, 0.2) is 47.4 Å². The molecule has 0 aromatic heterocycles. The average Bonchev–Trinajstić information content (AvgIpc) is 2.65. The number of amides is 1. The number of hydrogen-bond acceptors (Lipinski definition) is 3. The second-order valence-corrected chi connectivity index (χ2v) is 7.88. The Balaban J connectivity index is 2.08. The number of carbonyl (C=O) groups excluding carboxylic acids is 1. The van der Waals surface area contributed by atoms with Crippen molar-refractivity contribution in [3.63, 3.8) is 0 Å². The maximum atomic E-state index is 12.8. The van der Waals surface area contributed by atoms with Crippen LogP contribution in [0.1, 0.15) is 43.9 Å². The highest BCUT2D eigenvalue weighted by atomic mass is 35.5. The van der Waals surface area contributed by atoms with Crippen LogP contribution < -0.4 is 10.1 Å². The van der Waals surface area contributed by atoms with Crippen LogP contribution in [0.4, 0.5) is 0 Å². The van der Waals surface area contributed by atoms with Crippen LogP contribution >= 0.6 is 23.4 Å². The lowest BCUT2D eigenvalue weighted by atomic mass is 10.0. The number of thioether (sulfide) groups is 1. The molecule has 0 fully saturated rings. The Kier molecular flexibility index (Phi) is 7.85. The molecule has 2 rings (SSSR count). The molecule has 0 aliphatic rings. The fourth-order valence-corrected chi connectivity index (χ4v) is 3.89. The van der Waals surface area contributed by atoms with Gasteiger partial charge >= 0.3 is 0 Å². The fraction of sp³-hybridized carbons (Fsp3) is 0.381. The van der Waals surface area contributed by atoms with Gasteiger partial charge in [-0.3, -0.25) is 4.79 Å². The topological polar surface area (TPSA) is 38.3 Å². The molecular weight excluding hydrogens is 366 g/mol. The lowest BCUT2D eigenvalue weighted by Crippen LogP contribution is -2.35. The lowest BCUT2D eigenvalue weighted by molar-refractivity contribution is -0.121. The van der Waals surface area contributed by atoms with Crippen molar-refractivity contribution >= 4 is 29.3 Å². The molecule has 2 atom stereocenters. The maximum absolute atomic E-state index is 12.8. The third kappa shape index (κ3) is 5.42. The van der Waals surface area contributed by atoms with Crippen molar-refractivity contribution in [2.45, 2.75) is 49.8 Å². The summed E-state index contributed by atoms with van der Waals surface area (Å²) in [5.74, 6) is 0.924. The lowest BCUT2D eigenvalue weighted by Gasteiger charge is -2.22. The van der Waals surface area contributed by atoms with Gasteiger partial charge < -0.3 is 10.1 Å². The number of aryl methyl sites for hydroxylation is 1. The smallest absolute Gasteiger partial charge is 0.233 e. The Bertz CT molecular complexity index is 733. The highest BCUT2D eigenvalue weighted by Crippen LogP contribution is 2.29. The molecule has 26 heavy (non-hydrogen) atoms.